The van der Waals surface area contributed by atoms with Gasteiger partial charge in [-0.1, -0.05) is 0 Å². The van der Waals surface area contributed by atoms with E-state index in [4.69, 9.17) is 15.2 Å². The molecule has 0 aliphatic carbocycles. The molecule has 2 saturated heterocycles. The number of aryl methyl sites for hydroxylation is 1. The van der Waals surface area contributed by atoms with Crippen LogP contribution < -0.4 is 38.3 Å². The highest BCUT2D eigenvalue weighted by molar-refractivity contribution is 5.75. The molecule has 21 nitrogen and oxygen atoms in total. The van der Waals surface area contributed by atoms with Crippen LogP contribution in [0.25, 0.3) is 22.3 Å². The number of aliphatic hydroxyl groups excluding tert-OH is 4. The van der Waals surface area contributed by atoms with E-state index in [1.165, 1.54) is 21.8 Å². The monoisotopic (exact) mass is 641 g/mol. The first kappa shape index (κ1) is 29.6. The average molecular weight is 642 g/mol. The topological polar surface area (TPSA) is 311 Å². The lowest BCUT2D eigenvalue weighted by Crippen LogP contribution is -2.46. The molecule has 1 aromatic carbocycles. The summed E-state index contributed by atoms with van der Waals surface area (Å²) in [5, 5.41) is 48.1. The third-order valence-corrected chi connectivity index (χ3v) is 8.14. The Hall–Kier alpha value is -5.06. The summed E-state index contributed by atoms with van der Waals surface area (Å²) >= 11 is 0. The Morgan fingerprint density at radius 1 is 0.848 bits per heavy atom. The number of ether oxygens (including phenoxy) is 2. The molecule has 0 saturated carbocycles. The zero-order valence-electron chi connectivity index (χ0n) is 23.7. The van der Waals surface area contributed by atoms with Gasteiger partial charge in [0.25, 0.3) is 22.0 Å². The first-order valence-electron chi connectivity index (χ1n) is 13.9. The third kappa shape index (κ3) is 4.47. The van der Waals surface area contributed by atoms with Gasteiger partial charge >= 0.3 is 0 Å². The molecule has 46 heavy (non-hydrogen) atoms. The second-order valence-corrected chi connectivity index (χ2v) is 11.0. The Bertz CT molecular complexity index is 2160. The van der Waals surface area contributed by atoms with E-state index in [2.05, 4.69) is 40.5 Å². The Morgan fingerprint density at radius 2 is 1.43 bits per heavy atom. The molecule has 2 fully saturated rings. The van der Waals surface area contributed by atoms with Crippen LogP contribution in [0.1, 0.15) is 18.3 Å². The minimum Gasteiger partial charge on any atom is -0.394 e. The maximum atomic E-state index is 12.6. The lowest BCUT2D eigenvalue weighted by Gasteiger charge is -2.25. The van der Waals surface area contributed by atoms with Crippen molar-refractivity contribution in [3.63, 3.8) is 0 Å². The van der Waals surface area contributed by atoms with Gasteiger partial charge in [-0.15, -0.1) is 0 Å². The largest absolute Gasteiger partial charge is 0.394 e. The molecule has 7 rings (SSSR count). The quantitative estimate of drug-likeness (QED) is 0.0721. The maximum absolute atomic E-state index is 12.6. The van der Waals surface area contributed by atoms with Crippen molar-refractivity contribution < 1.29 is 29.9 Å². The van der Waals surface area contributed by atoms with Gasteiger partial charge in [-0.25, -0.2) is 15.0 Å². The first-order valence-corrected chi connectivity index (χ1v) is 13.9. The minimum atomic E-state index is -1.47. The number of nitrogens with zero attached hydrogens (tertiary/aromatic N) is 6. The van der Waals surface area contributed by atoms with Crippen molar-refractivity contribution in [3.8, 4) is 0 Å². The number of aliphatic hydroxyl groups is 4. The van der Waals surface area contributed by atoms with Gasteiger partial charge in [-0.2, -0.15) is 4.98 Å². The number of nitrogens with two attached hydrogens (primary N) is 1. The summed E-state index contributed by atoms with van der Waals surface area (Å²) in [6, 6.07) is -1.12. The van der Waals surface area contributed by atoms with Crippen molar-refractivity contribution in [1.82, 2.24) is 39.0 Å². The molecule has 6 heterocycles. The number of imidazole rings is 2. The van der Waals surface area contributed by atoms with E-state index in [0.29, 0.717) is 5.82 Å². The molecule has 4 aromatic heterocycles. The van der Waals surface area contributed by atoms with Gasteiger partial charge in [0.15, 0.2) is 34.8 Å². The zero-order chi connectivity index (χ0) is 32.6. The van der Waals surface area contributed by atoms with Crippen LogP contribution in [0.3, 0.4) is 0 Å². The highest BCUT2D eigenvalue weighted by atomic mass is 16.6. The van der Waals surface area contributed by atoms with E-state index < -0.39 is 77.6 Å². The number of nitrogens with one attached hydrogen (secondary N) is 4. The van der Waals surface area contributed by atoms with Crippen molar-refractivity contribution >= 4 is 39.7 Å². The van der Waals surface area contributed by atoms with Crippen LogP contribution in [0.5, 0.6) is 0 Å². The van der Waals surface area contributed by atoms with Crippen molar-refractivity contribution in [2.24, 2.45) is 0 Å². The normalized spacial score (nSPS) is 28.1. The van der Waals surface area contributed by atoms with E-state index >= 15 is 0 Å². The lowest BCUT2D eigenvalue weighted by atomic mass is 10.0. The van der Waals surface area contributed by atoms with Crippen LogP contribution >= 0.6 is 0 Å². The van der Waals surface area contributed by atoms with Gasteiger partial charge in [0.2, 0.25) is 5.95 Å². The van der Waals surface area contributed by atoms with Crippen LogP contribution in [0, 0.1) is 6.92 Å². The summed E-state index contributed by atoms with van der Waals surface area (Å²) < 4.78 is 14.2. The molecule has 0 radical (unpaired) electrons. The summed E-state index contributed by atoms with van der Waals surface area (Å²) in [6.45, 7) is 0.722. The van der Waals surface area contributed by atoms with Crippen molar-refractivity contribution in [3.05, 3.63) is 59.6 Å². The van der Waals surface area contributed by atoms with Crippen LogP contribution in [0.2, 0.25) is 0 Å². The van der Waals surface area contributed by atoms with Crippen molar-refractivity contribution in [2.75, 3.05) is 29.5 Å². The molecule has 2 aliphatic rings. The molecule has 242 valence electrons. The summed E-state index contributed by atoms with van der Waals surface area (Å²) in [6.07, 6.45) is -6.49. The number of H-pyrrole nitrogens is 2. The fourth-order valence-corrected chi connectivity index (χ4v) is 5.85. The number of hydrogen-bond donors (Lipinski definition) is 9. The van der Waals surface area contributed by atoms with Gasteiger partial charge in [-0.05, 0) is 6.92 Å². The summed E-state index contributed by atoms with van der Waals surface area (Å²) in [5.74, 6) is 0.100. The van der Waals surface area contributed by atoms with Gasteiger partial charge in [-0.3, -0.25) is 33.3 Å². The van der Waals surface area contributed by atoms with E-state index in [1.54, 1.807) is 6.92 Å². The fourth-order valence-electron chi connectivity index (χ4n) is 5.85. The molecule has 0 unspecified atom stereocenters. The van der Waals surface area contributed by atoms with E-state index in [9.17, 15) is 39.6 Å². The second-order valence-electron chi connectivity index (χ2n) is 11.0. The third-order valence-electron chi connectivity index (χ3n) is 8.14. The second kappa shape index (κ2) is 10.8. The predicted octanol–water partition coefficient (Wildman–Crippen LogP) is -4.50. The van der Waals surface area contributed by atoms with Gasteiger partial charge in [0.1, 0.15) is 47.7 Å². The molecule has 10 N–H and O–H groups in total. The number of fused-ring (bicyclic) bond motifs is 2. The Morgan fingerprint density at radius 3 is 2.11 bits per heavy atom. The minimum absolute atomic E-state index is 0.00805. The number of rotatable bonds is 8. The molecule has 0 bridgehead atoms. The smallest absolute Gasteiger partial charge is 0.280 e. The molecular formula is C25H27N11O10. The molecule has 8 atom stereocenters. The highest BCUT2D eigenvalue weighted by Gasteiger charge is 2.47. The number of hydrogen-bond acceptors (Lipinski definition) is 17. The maximum Gasteiger partial charge on any atom is 0.280 e. The van der Waals surface area contributed by atoms with E-state index in [1.807, 2.05) is 0 Å². The van der Waals surface area contributed by atoms with Crippen LogP contribution in [-0.4, -0.2) is 109 Å². The van der Waals surface area contributed by atoms with Crippen LogP contribution in [0.4, 0.5) is 17.3 Å². The predicted molar refractivity (Wildman–Crippen MR) is 156 cm³/mol. The molecule has 21 heteroatoms. The Labute approximate surface area is 254 Å². The van der Waals surface area contributed by atoms with E-state index in [-0.39, 0.29) is 46.2 Å². The number of aromatic nitrogens is 8. The van der Waals surface area contributed by atoms with Crippen molar-refractivity contribution in [1.29, 1.82) is 0 Å². The lowest BCUT2D eigenvalue weighted by molar-refractivity contribution is -0.0487. The van der Waals surface area contributed by atoms with Gasteiger partial charge in [0.05, 0.1) is 25.3 Å². The average Bonchev–Trinajstić information content (AvgIpc) is 3.77. The highest BCUT2D eigenvalue weighted by Crippen LogP contribution is 2.34. The molecule has 0 spiro atoms. The number of aromatic amines is 2. The number of anilines is 3. The van der Waals surface area contributed by atoms with Crippen LogP contribution in [0.15, 0.2) is 31.8 Å². The SMILES string of the molecule is Cc1nc2c(ncn2[C@@H]2O[C@H](CNc3c(N[C@H]4[C@@H](O)[C@H](n5cnc6c(=O)[nH]c(N)nc65)O[C@@H]4CO)c(=O)c3=O)[C@@H](O)[C@H]2O)c(=O)[nH]1. The number of nitrogen functional groups attached to an aromatic ring is 1. The van der Waals surface area contributed by atoms with Crippen molar-refractivity contribution in [2.45, 2.75) is 55.9 Å². The van der Waals surface area contributed by atoms with Gasteiger partial charge < -0.3 is 51.3 Å². The summed E-state index contributed by atoms with van der Waals surface area (Å²) in [7, 11) is 0. The summed E-state index contributed by atoms with van der Waals surface area (Å²) in [5.41, 5.74) is 2.43. The zero-order valence-corrected chi connectivity index (χ0v) is 23.7. The Balaban J connectivity index is 1.08. The molecular weight excluding hydrogens is 614 g/mol. The van der Waals surface area contributed by atoms with Crippen LogP contribution in [-0.2, 0) is 9.47 Å². The molecule has 0 amide bonds. The van der Waals surface area contributed by atoms with Gasteiger partial charge in [0, 0.05) is 6.54 Å². The summed E-state index contributed by atoms with van der Waals surface area (Å²) in [4.78, 5) is 70.6. The standard InChI is InChI=1S/C25H27N11O10/c1-6-30-19-12(21(43)31-6)28-4-35(19)24-18(42)14(38)7(45-24)2-27-10-11(16(40)15(10)39)32-9-8(3-37)46-23(17(9)41)36-5-29-13-20(36)33-25(26)34-22(13)44/h4-5,7-9,14,17-18,23-24,27,32,37-38,41-42H,2-3H2,1H3,(H,30,31,43)(H3,26,33,34,44)/t7-,8-,9-,14-,17-,18-,23-,24-/m1/s1. The molecule has 2 aliphatic heterocycles. The Kier molecular flexibility index (Phi) is 6.95. The van der Waals surface area contributed by atoms with E-state index in [0.717, 1.165) is 0 Å². The fraction of sp³-hybridized carbons (Fsp3) is 0.440. The first-order chi connectivity index (χ1) is 22.0. The molecule has 5 aromatic rings.